The summed E-state index contributed by atoms with van der Waals surface area (Å²) in [6.45, 7) is 6.39. The average Bonchev–Trinajstić information content (AvgIpc) is 2.36. The topological polar surface area (TPSA) is 35.2 Å². The molecule has 0 spiro atoms. The van der Waals surface area contributed by atoms with Crippen molar-refractivity contribution in [1.29, 1.82) is 0 Å². The Morgan fingerprint density at radius 3 is 2.61 bits per heavy atom. The van der Waals surface area contributed by atoms with E-state index in [2.05, 4.69) is 19.9 Å². The number of nitrogens with two attached hydrogens (primary N) is 1. The molecule has 2 nitrogen and oxygen atoms in total. The van der Waals surface area contributed by atoms with Crippen molar-refractivity contribution in [3.63, 3.8) is 0 Å². The molecule has 0 bridgehead atoms. The third-order valence-corrected chi connectivity index (χ3v) is 4.21. The Morgan fingerprint density at radius 1 is 1.17 bits per heavy atom. The molecule has 0 saturated heterocycles. The number of ether oxygens (including phenoxy) is 1. The minimum atomic E-state index is 0.394. The zero-order valence-electron chi connectivity index (χ0n) is 11.8. The van der Waals surface area contributed by atoms with Crippen LogP contribution in [0.25, 0.3) is 0 Å². The van der Waals surface area contributed by atoms with Gasteiger partial charge in [-0.1, -0.05) is 13.3 Å². The lowest BCUT2D eigenvalue weighted by Gasteiger charge is -2.32. The molecule has 100 valence electrons. The molecule has 2 heteroatoms. The second-order valence-electron chi connectivity index (χ2n) is 5.58. The molecule has 2 atom stereocenters. The molecule has 0 amide bonds. The largest absolute Gasteiger partial charge is 0.490 e. The van der Waals surface area contributed by atoms with E-state index in [4.69, 9.17) is 10.5 Å². The number of hydrogen-bond donors (Lipinski definition) is 1. The molecule has 18 heavy (non-hydrogen) atoms. The predicted molar refractivity (Wildman–Crippen MR) is 77.0 cm³/mol. The van der Waals surface area contributed by atoms with Gasteiger partial charge in [-0.25, -0.2) is 0 Å². The number of hydrogen-bond acceptors (Lipinski definition) is 2. The first-order valence-electron chi connectivity index (χ1n) is 7.15. The molecule has 0 aromatic heterocycles. The fraction of sp³-hybridized carbons (Fsp3) is 0.625. The highest BCUT2D eigenvalue weighted by atomic mass is 16.5. The zero-order chi connectivity index (χ0) is 13.1. The summed E-state index contributed by atoms with van der Waals surface area (Å²) in [5, 5.41) is 0. The van der Waals surface area contributed by atoms with Crippen LogP contribution in [0.4, 0.5) is 5.69 Å². The Kier molecular flexibility index (Phi) is 4.15. The van der Waals surface area contributed by atoms with Crippen LogP contribution in [0.15, 0.2) is 12.1 Å². The third-order valence-electron chi connectivity index (χ3n) is 4.21. The van der Waals surface area contributed by atoms with Gasteiger partial charge in [0, 0.05) is 5.69 Å². The molecule has 2 unspecified atom stereocenters. The highest BCUT2D eigenvalue weighted by Crippen LogP contribution is 2.32. The summed E-state index contributed by atoms with van der Waals surface area (Å²) in [6.07, 6.45) is 6.78. The smallest absolute Gasteiger partial charge is 0.123 e. The van der Waals surface area contributed by atoms with Gasteiger partial charge in [-0.2, -0.15) is 0 Å². The van der Waals surface area contributed by atoms with Crippen molar-refractivity contribution in [3.8, 4) is 5.75 Å². The number of benzene rings is 1. The second-order valence-corrected chi connectivity index (χ2v) is 5.58. The molecule has 2 N–H and O–H groups in total. The highest BCUT2D eigenvalue weighted by Gasteiger charge is 2.25. The summed E-state index contributed by atoms with van der Waals surface area (Å²) in [5.74, 6) is 1.74. The SMILES string of the molecule is CCC1CCCCC1Oc1cc(C)c(N)cc1C. The average molecular weight is 247 g/mol. The van der Waals surface area contributed by atoms with E-state index in [0.717, 1.165) is 28.5 Å². The van der Waals surface area contributed by atoms with Crippen molar-refractivity contribution in [2.24, 2.45) is 5.92 Å². The van der Waals surface area contributed by atoms with E-state index >= 15 is 0 Å². The molecule has 0 radical (unpaired) electrons. The van der Waals surface area contributed by atoms with Crippen molar-refractivity contribution in [2.75, 3.05) is 5.73 Å². The summed E-state index contributed by atoms with van der Waals surface area (Å²) in [4.78, 5) is 0. The molecular formula is C16H25NO. The number of rotatable bonds is 3. The third kappa shape index (κ3) is 2.80. The Bertz CT molecular complexity index is 414. The number of anilines is 1. The molecular weight excluding hydrogens is 222 g/mol. The van der Waals surface area contributed by atoms with Crippen LogP contribution >= 0.6 is 0 Å². The predicted octanol–water partition coefficient (Wildman–Crippen LogP) is 4.23. The Morgan fingerprint density at radius 2 is 1.89 bits per heavy atom. The van der Waals surface area contributed by atoms with Crippen molar-refractivity contribution in [1.82, 2.24) is 0 Å². The van der Waals surface area contributed by atoms with Gasteiger partial charge in [0.25, 0.3) is 0 Å². The number of nitrogen functional groups attached to an aromatic ring is 1. The van der Waals surface area contributed by atoms with Crippen molar-refractivity contribution in [2.45, 2.75) is 59.0 Å². The van der Waals surface area contributed by atoms with Gasteiger partial charge in [0.15, 0.2) is 0 Å². The molecule has 0 heterocycles. The monoisotopic (exact) mass is 247 g/mol. The molecule has 1 saturated carbocycles. The van der Waals surface area contributed by atoms with E-state index in [9.17, 15) is 0 Å². The summed E-state index contributed by atoms with van der Waals surface area (Å²) in [7, 11) is 0. The van der Waals surface area contributed by atoms with Gasteiger partial charge in [0.05, 0.1) is 0 Å². The van der Waals surface area contributed by atoms with Gasteiger partial charge in [-0.15, -0.1) is 0 Å². The summed E-state index contributed by atoms with van der Waals surface area (Å²) < 4.78 is 6.27. The summed E-state index contributed by atoms with van der Waals surface area (Å²) in [6, 6.07) is 4.11. The van der Waals surface area contributed by atoms with Gasteiger partial charge >= 0.3 is 0 Å². The molecule has 2 rings (SSSR count). The van der Waals surface area contributed by atoms with Gasteiger partial charge < -0.3 is 10.5 Å². The van der Waals surface area contributed by atoms with Crippen LogP contribution < -0.4 is 10.5 Å². The normalized spacial score (nSPS) is 23.9. The van der Waals surface area contributed by atoms with Crippen LogP contribution in [0.5, 0.6) is 5.75 Å². The molecule has 1 aliphatic rings. The van der Waals surface area contributed by atoms with Crippen molar-refractivity contribution in [3.05, 3.63) is 23.3 Å². The Hall–Kier alpha value is -1.18. The number of aryl methyl sites for hydroxylation is 2. The van der Waals surface area contributed by atoms with Crippen LogP contribution in [-0.2, 0) is 0 Å². The van der Waals surface area contributed by atoms with Gasteiger partial charge in [0.2, 0.25) is 0 Å². The van der Waals surface area contributed by atoms with E-state index in [1.807, 2.05) is 13.0 Å². The minimum Gasteiger partial charge on any atom is -0.490 e. The van der Waals surface area contributed by atoms with E-state index < -0.39 is 0 Å². The lowest BCUT2D eigenvalue weighted by Crippen LogP contribution is -2.30. The molecule has 1 fully saturated rings. The van der Waals surface area contributed by atoms with E-state index in [1.54, 1.807) is 0 Å². The Labute approximate surface area is 111 Å². The minimum absolute atomic E-state index is 0.394. The fourth-order valence-corrected chi connectivity index (χ4v) is 2.90. The standard InChI is InChI=1S/C16H25NO/c1-4-13-7-5-6-8-15(13)18-16-10-11(2)14(17)9-12(16)3/h9-10,13,15H,4-8,17H2,1-3H3. The van der Waals surface area contributed by atoms with Gasteiger partial charge in [-0.3, -0.25) is 0 Å². The highest BCUT2D eigenvalue weighted by molar-refractivity contribution is 5.53. The second kappa shape index (κ2) is 5.64. The fourth-order valence-electron chi connectivity index (χ4n) is 2.90. The van der Waals surface area contributed by atoms with Crippen LogP contribution in [0, 0.1) is 19.8 Å². The van der Waals surface area contributed by atoms with Crippen molar-refractivity contribution < 1.29 is 4.74 Å². The van der Waals surface area contributed by atoms with Gasteiger partial charge in [0.1, 0.15) is 11.9 Å². The maximum atomic E-state index is 6.27. The first-order valence-corrected chi connectivity index (χ1v) is 7.15. The first-order chi connectivity index (χ1) is 8.61. The van der Waals surface area contributed by atoms with E-state index in [0.29, 0.717) is 6.10 Å². The van der Waals surface area contributed by atoms with Crippen LogP contribution in [0.2, 0.25) is 0 Å². The van der Waals surface area contributed by atoms with E-state index in [1.165, 1.54) is 32.1 Å². The quantitative estimate of drug-likeness (QED) is 0.811. The van der Waals surface area contributed by atoms with Gasteiger partial charge in [-0.05, 0) is 68.7 Å². The maximum Gasteiger partial charge on any atom is 0.123 e. The zero-order valence-corrected chi connectivity index (χ0v) is 11.8. The van der Waals surface area contributed by atoms with Crippen LogP contribution in [0.3, 0.4) is 0 Å². The van der Waals surface area contributed by atoms with E-state index in [-0.39, 0.29) is 0 Å². The molecule has 1 aliphatic carbocycles. The molecule has 1 aromatic carbocycles. The maximum absolute atomic E-state index is 6.27. The lowest BCUT2D eigenvalue weighted by atomic mass is 9.84. The molecule has 0 aliphatic heterocycles. The van der Waals surface area contributed by atoms with Crippen molar-refractivity contribution >= 4 is 5.69 Å². The molecule has 1 aromatic rings. The summed E-state index contributed by atoms with van der Waals surface area (Å²) >= 11 is 0. The first kappa shape index (κ1) is 13.3. The lowest BCUT2D eigenvalue weighted by molar-refractivity contribution is 0.0897. The Balaban J connectivity index is 2.15. The van der Waals surface area contributed by atoms with Crippen LogP contribution in [-0.4, -0.2) is 6.10 Å². The van der Waals surface area contributed by atoms with Crippen LogP contribution in [0.1, 0.15) is 50.2 Å². The summed E-state index contributed by atoms with van der Waals surface area (Å²) in [5.41, 5.74) is 9.04.